The number of nitrogens with zero attached hydrogens (tertiary/aromatic N) is 1. The second-order valence-corrected chi connectivity index (χ2v) is 4.76. The summed E-state index contributed by atoms with van der Waals surface area (Å²) in [4.78, 5) is 11.1. The lowest BCUT2D eigenvalue weighted by Gasteiger charge is -2.28. The Bertz CT molecular complexity index is 527. The number of nitro groups is 1. The fourth-order valence-electron chi connectivity index (χ4n) is 2.08. The second-order valence-electron chi connectivity index (χ2n) is 4.32. The van der Waals surface area contributed by atoms with Crippen molar-refractivity contribution in [1.82, 2.24) is 0 Å². The molecule has 5 heteroatoms. The average molecular weight is 265 g/mol. The number of hydrogen-bond donors (Lipinski definition) is 1. The van der Waals surface area contributed by atoms with Crippen LogP contribution in [0.3, 0.4) is 0 Å². The summed E-state index contributed by atoms with van der Waals surface area (Å²) in [5.74, 6) is 0. The third kappa shape index (κ3) is 2.30. The lowest BCUT2D eigenvalue weighted by atomic mass is 9.82. The maximum Gasteiger partial charge on any atom is 0.262 e. The van der Waals surface area contributed by atoms with Crippen LogP contribution in [-0.2, 0) is 6.42 Å². The molecule has 1 aliphatic carbocycles. The third-order valence-corrected chi connectivity index (χ3v) is 3.34. The molecule has 94 valence electrons. The van der Waals surface area contributed by atoms with Crippen molar-refractivity contribution in [3.63, 3.8) is 0 Å². The van der Waals surface area contributed by atoms with E-state index in [9.17, 15) is 10.1 Å². The van der Waals surface area contributed by atoms with Crippen LogP contribution < -0.4 is 5.73 Å². The maximum atomic E-state index is 11.4. The van der Waals surface area contributed by atoms with E-state index in [0.717, 1.165) is 5.56 Å². The van der Waals surface area contributed by atoms with E-state index >= 15 is 0 Å². The summed E-state index contributed by atoms with van der Waals surface area (Å²) >= 11 is 5.89. The molecule has 0 amide bonds. The molecule has 0 spiro atoms. The van der Waals surface area contributed by atoms with Crippen LogP contribution >= 0.6 is 11.6 Å². The largest absolute Gasteiger partial charge is 0.318 e. The SMILES string of the molecule is NC1C=CC=CC1(Cc1cccc(Cl)c1)[N+](=O)[O-]. The van der Waals surface area contributed by atoms with Crippen LogP contribution in [0.1, 0.15) is 5.56 Å². The number of rotatable bonds is 3. The van der Waals surface area contributed by atoms with Gasteiger partial charge in [0, 0.05) is 16.4 Å². The molecule has 18 heavy (non-hydrogen) atoms. The second kappa shape index (κ2) is 4.92. The van der Waals surface area contributed by atoms with E-state index in [1.165, 1.54) is 0 Å². The molecule has 0 radical (unpaired) electrons. The lowest BCUT2D eigenvalue weighted by molar-refractivity contribution is -0.556. The van der Waals surface area contributed by atoms with Crippen molar-refractivity contribution in [2.45, 2.75) is 18.0 Å². The van der Waals surface area contributed by atoms with Gasteiger partial charge in [-0.05, 0) is 23.8 Å². The van der Waals surface area contributed by atoms with E-state index in [0.29, 0.717) is 5.02 Å². The van der Waals surface area contributed by atoms with Crippen LogP contribution in [-0.4, -0.2) is 16.5 Å². The number of allylic oxidation sites excluding steroid dienone is 2. The highest BCUT2D eigenvalue weighted by atomic mass is 35.5. The highest BCUT2D eigenvalue weighted by Crippen LogP contribution is 2.26. The maximum absolute atomic E-state index is 11.4. The predicted octanol–water partition coefficient (Wildman–Crippen LogP) is 2.35. The number of nitrogens with two attached hydrogens (primary N) is 1. The van der Waals surface area contributed by atoms with Gasteiger partial charge in [0.15, 0.2) is 0 Å². The van der Waals surface area contributed by atoms with E-state index in [4.69, 9.17) is 17.3 Å². The smallest absolute Gasteiger partial charge is 0.262 e. The zero-order valence-electron chi connectivity index (χ0n) is 9.62. The first-order valence-corrected chi connectivity index (χ1v) is 5.93. The van der Waals surface area contributed by atoms with Crippen LogP contribution in [0.2, 0.25) is 5.02 Å². The molecule has 1 aromatic rings. The monoisotopic (exact) mass is 264 g/mol. The number of benzene rings is 1. The van der Waals surface area contributed by atoms with Crippen molar-refractivity contribution in [1.29, 1.82) is 0 Å². The first kappa shape index (κ1) is 12.8. The zero-order chi connectivity index (χ0) is 13.2. The molecule has 0 saturated heterocycles. The quantitative estimate of drug-likeness (QED) is 0.673. The van der Waals surface area contributed by atoms with Gasteiger partial charge in [-0.2, -0.15) is 0 Å². The van der Waals surface area contributed by atoms with Crippen molar-refractivity contribution in [3.8, 4) is 0 Å². The molecular formula is C13H13ClN2O2. The summed E-state index contributed by atoms with van der Waals surface area (Å²) in [6, 6.07) is 6.41. The summed E-state index contributed by atoms with van der Waals surface area (Å²) in [7, 11) is 0. The minimum Gasteiger partial charge on any atom is -0.318 e. The van der Waals surface area contributed by atoms with Crippen molar-refractivity contribution in [2.75, 3.05) is 0 Å². The Kier molecular flexibility index (Phi) is 3.50. The van der Waals surface area contributed by atoms with Gasteiger partial charge in [0.1, 0.15) is 0 Å². The molecule has 1 aliphatic rings. The fraction of sp³-hybridized carbons (Fsp3) is 0.231. The Balaban J connectivity index is 2.36. The standard InChI is InChI=1S/C13H13ClN2O2/c14-11-5-3-4-10(8-11)9-13(16(17)18)7-2-1-6-12(13)15/h1-8,12H,9,15H2. The highest BCUT2D eigenvalue weighted by Gasteiger charge is 2.46. The molecule has 2 atom stereocenters. The first-order chi connectivity index (χ1) is 8.54. The highest BCUT2D eigenvalue weighted by molar-refractivity contribution is 6.30. The van der Waals surface area contributed by atoms with Crippen molar-refractivity contribution >= 4 is 11.6 Å². The van der Waals surface area contributed by atoms with Crippen LogP contribution in [0.4, 0.5) is 0 Å². The van der Waals surface area contributed by atoms with E-state index in [2.05, 4.69) is 0 Å². The Morgan fingerprint density at radius 3 is 2.83 bits per heavy atom. The van der Waals surface area contributed by atoms with Gasteiger partial charge in [0.05, 0.1) is 6.04 Å². The molecule has 0 fully saturated rings. The van der Waals surface area contributed by atoms with Gasteiger partial charge in [-0.3, -0.25) is 10.1 Å². The van der Waals surface area contributed by atoms with Gasteiger partial charge in [-0.1, -0.05) is 42.0 Å². The molecule has 0 bridgehead atoms. The predicted molar refractivity (Wildman–Crippen MR) is 71.1 cm³/mol. The minimum atomic E-state index is -1.29. The van der Waals surface area contributed by atoms with Crippen LogP contribution in [0.25, 0.3) is 0 Å². The number of halogens is 1. The molecule has 2 N–H and O–H groups in total. The van der Waals surface area contributed by atoms with Crippen molar-refractivity contribution in [3.05, 3.63) is 69.3 Å². The van der Waals surface area contributed by atoms with Gasteiger partial charge in [-0.15, -0.1) is 0 Å². The van der Waals surface area contributed by atoms with Crippen LogP contribution in [0, 0.1) is 10.1 Å². The van der Waals surface area contributed by atoms with Gasteiger partial charge < -0.3 is 5.73 Å². The van der Waals surface area contributed by atoms with Gasteiger partial charge in [0.25, 0.3) is 5.54 Å². The summed E-state index contributed by atoms with van der Waals surface area (Å²) in [6.07, 6.45) is 6.82. The Hall–Kier alpha value is -1.65. The number of hydrogen-bond acceptors (Lipinski definition) is 3. The third-order valence-electron chi connectivity index (χ3n) is 3.11. The van der Waals surface area contributed by atoms with E-state index < -0.39 is 11.6 Å². The zero-order valence-corrected chi connectivity index (χ0v) is 10.4. The molecule has 0 aliphatic heterocycles. The van der Waals surface area contributed by atoms with Gasteiger partial charge in [-0.25, -0.2) is 0 Å². The molecule has 0 heterocycles. The minimum absolute atomic E-state index is 0.225. The van der Waals surface area contributed by atoms with E-state index in [1.54, 1.807) is 42.5 Å². The van der Waals surface area contributed by atoms with E-state index in [1.807, 2.05) is 6.07 Å². The molecule has 2 unspecified atom stereocenters. The van der Waals surface area contributed by atoms with E-state index in [-0.39, 0.29) is 11.3 Å². The Labute approximate surface area is 110 Å². The average Bonchev–Trinajstić information content (AvgIpc) is 2.32. The molecule has 4 nitrogen and oxygen atoms in total. The summed E-state index contributed by atoms with van der Waals surface area (Å²) in [5, 5.41) is 11.9. The van der Waals surface area contributed by atoms with Crippen molar-refractivity contribution in [2.24, 2.45) is 5.73 Å². The molecular weight excluding hydrogens is 252 g/mol. The normalized spacial score (nSPS) is 26.2. The molecule has 1 aromatic carbocycles. The molecule has 0 aromatic heterocycles. The fourth-order valence-corrected chi connectivity index (χ4v) is 2.29. The van der Waals surface area contributed by atoms with Crippen molar-refractivity contribution < 1.29 is 4.92 Å². The molecule has 0 saturated carbocycles. The van der Waals surface area contributed by atoms with Gasteiger partial charge >= 0.3 is 0 Å². The van der Waals surface area contributed by atoms with Gasteiger partial charge in [0.2, 0.25) is 0 Å². The van der Waals surface area contributed by atoms with Crippen LogP contribution in [0.5, 0.6) is 0 Å². The summed E-state index contributed by atoms with van der Waals surface area (Å²) < 4.78 is 0. The Morgan fingerprint density at radius 2 is 2.22 bits per heavy atom. The Morgan fingerprint density at radius 1 is 1.44 bits per heavy atom. The first-order valence-electron chi connectivity index (χ1n) is 5.55. The topological polar surface area (TPSA) is 69.2 Å². The summed E-state index contributed by atoms with van der Waals surface area (Å²) in [5.41, 5.74) is 5.40. The van der Waals surface area contributed by atoms with Crippen LogP contribution in [0.15, 0.2) is 48.6 Å². The lowest BCUT2D eigenvalue weighted by Crippen LogP contribution is -2.53. The summed E-state index contributed by atoms with van der Waals surface area (Å²) in [6.45, 7) is 0. The molecule has 2 rings (SSSR count).